The molecule has 2 aromatic carbocycles. The molecule has 0 aromatic heterocycles. The summed E-state index contributed by atoms with van der Waals surface area (Å²) in [4.78, 5) is 30.6. The molecule has 3 rings (SSSR count). The Morgan fingerprint density at radius 1 is 1.19 bits per heavy atom. The van der Waals surface area contributed by atoms with Crippen LogP contribution in [0, 0.1) is 0 Å². The first-order chi connectivity index (χ1) is 17.0. The number of amidine groups is 1. The van der Waals surface area contributed by atoms with Crippen molar-refractivity contribution in [2.45, 2.75) is 31.6 Å². The van der Waals surface area contributed by atoms with Crippen LogP contribution in [0.1, 0.15) is 40.0 Å². The fourth-order valence-corrected chi connectivity index (χ4v) is 3.94. The second kappa shape index (κ2) is 11.5. The van der Waals surface area contributed by atoms with Crippen LogP contribution in [0.5, 0.6) is 0 Å². The van der Waals surface area contributed by atoms with Gasteiger partial charge in [-0.15, -0.1) is 11.6 Å². The third-order valence-electron chi connectivity index (χ3n) is 5.65. The van der Waals surface area contributed by atoms with E-state index < -0.39 is 35.4 Å². The van der Waals surface area contributed by atoms with Gasteiger partial charge in [-0.25, -0.2) is 4.79 Å². The average molecular weight is 523 g/mol. The van der Waals surface area contributed by atoms with Gasteiger partial charge in [-0.3, -0.25) is 9.79 Å². The highest BCUT2D eigenvalue weighted by molar-refractivity contribution is 6.21. The molecule has 1 aliphatic heterocycles. The topological polar surface area (TPSA) is 97.0 Å². The van der Waals surface area contributed by atoms with Gasteiger partial charge in [-0.1, -0.05) is 36.4 Å². The lowest BCUT2D eigenvalue weighted by atomic mass is 10.0. The normalized spacial score (nSPS) is 15.2. The van der Waals surface area contributed by atoms with E-state index in [0.29, 0.717) is 23.6 Å². The number of halogens is 4. The van der Waals surface area contributed by atoms with Gasteiger partial charge < -0.3 is 20.7 Å². The van der Waals surface area contributed by atoms with Gasteiger partial charge in [0.05, 0.1) is 25.3 Å². The van der Waals surface area contributed by atoms with Crippen molar-refractivity contribution in [3.8, 4) is 0 Å². The molecule has 0 saturated heterocycles. The smallest absolute Gasteiger partial charge is 0.431 e. The van der Waals surface area contributed by atoms with Crippen LogP contribution in [0.15, 0.2) is 64.8 Å². The number of rotatable bonds is 8. The minimum absolute atomic E-state index is 0.119. The van der Waals surface area contributed by atoms with Gasteiger partial charge in [0.1, 0.15) is 17.1 Å². The Morgan fingerprint density at radius 3 is 2.47 bits per heavy atom. The van der Waals surface area contributed by atoms with Crippen molar-refractivity contribution in [3.63, 3.8) is 0 Å². The molecule has 11 heteroatoms. The third-order valence-corrected chi connectivity index (χ3v) is 5.96. The van der Waals surface area contributed by atoms with E-state index in [-0.39, 0.29) is 18.9 Å². The molecule has 0 fully saturated rings. The standard InChI is InChI=1S/C25H26ClF3N4O3/c1-15(18-6-8-19(9-7-18)24(35)36-2)32-23(34)20(21(30)25(27,28)29)22-31-10-11-33(22)14-17-5-3-4-16(12-17)13-26/h3-9,12,15H,10-11,13-14,30H2,1-2H3,(H,32,34). The largest absolute Gasteiger partial charge is 0.465 e. The second-order valence-corrected chi connectivity index (χ2v) is 8.44. The Hall–Kier alpha value is -3.53. The molecule has 0 spiro atoms. The van der Waals surface area contributed by atoms with E-state index in [1.165, 1.54) is 19.2 Å². The average Bonchev–Trinajstić information content (AvgIpc) is 3.30. The van der Waals surface area contributed by atoms with Gasteiger partial charge in [-0.05, 0) is 35.7 Å². The molecule has 0 aliphatic carbocycles. The number of alkyl halides is 4. The summed E-state index contributed by atoms with van der Waals surface area (Å²) in [7, 11) is 1.25. The molecule has 7 nitrogen and oxygen atoms in total. The number of benzene rings is 2. The number of amides is 1. The van der Waals surface area contributed by atoms with Crippen molar-refractivity contribution < 1.29 is 27.5 Å². The Labute approximate surface area is 211 Å². The van der Waals surface area contributed by atoms with E-state index in [1.807, 2.05) is 18.2 Å². The molecule has 1 atom stereocenters. The van der Waals surface area contributed by atoms with Gasteiger partial charge >= 0.3 is 12.1 Å². The molecule has 0 saturated carbocycles. The molecule has 1 aliphatic rings. The number of methoxy groups -OCH3 is 1. The Kier molecular flexibility index (Phi) is 8.62. The summed E-state index contributed by atoms with van der Waals surface area (Å²) in [6.07, 6.45) is -4.94. The van der Waals surface area contributed by atoms with Crippen molar-refractivity contribution in [2.75, 3.05) is 20.2 Å². The van der Waals surface area contributed by atoms with Crippen LogP contribution >= 0.6 is 11.6 Å². The number of nitrogens with two attached hydrogens (primary N) is 1. The number of carbonyl (C=O) groups is 2. The summed E-state index contributed by atoms with van der Waals surface area (Å²) in [5, 5.41) is 2.57. The number of hydrogen-bond acceptors (Lipinski definition) is 6. The van der Waals surface area contributed by atoms with Crippen LogP contribution in [-0.2, 0) is 22.0 Å². The number of nitrogens with one attached hydrogen (secondary N) is 1. The maximum absolute atomic E-state index is 13.7. The molecule has 0 radical (unpaired) electrons. The molecule has 1 unspecified atom stereocenters. The highest BCUT2D eigenvalue weighted by Gasteiger charge is 2.40. The molecule has 36 heavy (non-hydrogen) atoms. The van der Waals surface area contributed by atoms with E-state index >= 15 is 0 Å². The fraction of sp³-hybridized carbons (Fsp3) is 0.320. The zero-order valence-electron chi connectivity index (χ0n) is 19.7. The quantitative estimate of drug-likeness (QED) is 0.309. The van der Waals surface area contributed by atoms with Crippen LogP contribution < -0.4 is 11.1 Å². The minimum Gasteiger partial charge on any atom is -0.465 e. The van der Waals surface area contributed by atoms with Crippen LogP contribution in [-0.4, -0.2) is 49.0 Å². The Morgan fingerprint density at radius 2 is 1.86 bits per heavy atom. The van der Waals surface area contributed by atoms with Crippen molar-refractivity contribution >= 4 is 29.3 Å². The van der Waals surface area contributed by atoms with Gasteiger partial charge in [0.25, 0.3) is 5.91 Å². The Balaban J connectivity index is 1.87. The van der Waals surface area contributed by atoms with Crippen LogP contribution in [0.2, 0.25) is 0 Å². The van der Waals surface area contributed by atoms with Gasteiger partial charge in [-0.2, -0.15) is 13.2 Å². The summed E-state index contributed by atoms with van der Waals surface area (Å²) >= 11 is 5.90. The lowest BCUT2D eigenvalue weighted by molar-refractivity contribution is -0.119. The maximum atomic E-state index is 13.7. The molecular weight excluding hydrogens is 497 g/mol. The number of aliphatic imine (C=N–C) groups is 1. The highest BCUT2D eigenvalue weighted by Crippen LogP contribution is 2.28. The van der Waals surface area contributed by atoms with Crippen molar-refractivity contribution in [2.24, 2.45) is 10.7 Å². The zero-order chi connectivity index (χ0) is 26.5. The molecule has 0 bridgehead atoms. The van der Waals surface area contributed by atoms with Crippen LogP contribution in [0.25, 0.3) is 0 Å². The third kappa shape index (κ3) is 6.37. The van der Waals surface area contributed by atoms with E-state index in [0.717, 1.165) is 11.1 Å². The van der Waals surface area contributed by atoms with E-state index in [1.54, 1.807) is 30.0 Å². The monoisotopic (exact) mass is 522 g/mol. The Bertz CT molecular complexity index is 1180. The predicted octanol–water partition coefficient (Wildman–Crippen LogP) is 4.08. The number of hydrogen-bond donors (Lipinski definition) is 2. The van der Waals surface area contributed by atoms with Crippen LogP contribution in [0.4, 0.5) is 13.2 Å². The number of nitrogens with zero attached hydrogens (tertiary/aromatic N) is 2. The molecule has 3 N–H and O–H groups in total. The van der Waals surface area contributed by atoms with Gasteiger partial charge in [0, 0.05) is 19.0 Å². The summed E-state index contributed by atoms with van der Waals surface area (Å²) in [5.41, 5.74) is 5.78. The zero-order valence-corrected chi connectivity index (χ0v) is 20.5. The molecule has 2 aromatic rings. The summed E-state index contributed by atoms with van der Waals surface area (Å²) < 4.78 is 45.7. The predicted molar refractivity (Wildman–Crippen MR) is 130 cm³/mol. The lowest BCUT2D eigenvalue weighted by Crippen LogP contribution is -2.40. The lowest BCUT2D eigenvalue weighted by Gasteiger charge is -2.25. The number of ether oxygens (including phenoxy) is 1. The molecule has 1 amide bonds. The van der Waals surface area contributed by atoms with Crippen molar-refractivity contribution in [1.82, 2.24) is 10.2 Å². The molecule has 1 heterocycles. The number of esters is 1. The SMILES string of the molecule is COC(=O)c1ccc(C(C)NC(=O)C(C2=NCCN2Cc2cccc(CCl)c2)=C(N)C(F)(F)F)cc1. The highest BCUT2D eigenvalue weighted by atomic mass is 35.5. The molecule has 192 valence electrons. The van der Waals surface area contributed by atoms with Gasteiger partial charge in [0.2, 0.25) is 0 Å². The van der Waals surface area contributed by atoms with E-state index in [9.17, 15) is 22.8 Å². The summed E-state index contributed by atoms with van der Waals surface area (Å²) in [6, 6.07) is 12.8. The summed E-state index contributed by atoms with van der Waals surface area (Å²) in [5.74, 6) is -1.36. The first-order valence-electron chi connectivity index (χ1n) is 11.0. The number of allylic oxidation sites excluding steroid dienone is 1. The van der Waals surface area contributed by atoms with E-state index in [4.69, 9.17) is 17.3 Å². The number of carbonyl (C=O) groups excluding carboxylic acids is 2. The van der Waals surface area contributed by atoms with Gasteiger partial charge in [0.15, 0.2) is 0 Å². The first-order valence-corrected chi connectivity index (χ1v) is 11.6. The summed E-state index contributed by atoms with van der Waals surface area (Å²) in [6.45, 7) is 2.39. The minimum atomic E-state index is -4.94. The molecular formula is C25H26ClF3N4O3. The second-order valence-electron chi connectivity index (χ2n) is 8.18. The van der Waals surface area contributed by atoms with E-state index in [2.05, 4.69) is 15.0 Å². The first kappa shape index (κ1) is 27.1. The van der Waals surface area contributed by atoms with Crippen molar-refractivity contribution in [3.05, 3.63) is 82.1 Å². The maximum Gasteiger partial charge on any atom is 0.431 e. The van der Waals surface area contributed by atoms with Crippen LogP contribution in [0.3, 0.4) is 0 Å². The van der Waals surface area contributed by atoms with Crippen molar-refractivity contribution in [1.29, 1.82) is 0 Å². The fourth-order valence-electron chi connectivity index (χ4n) is 3.77.